The molecule has 0 aliphatic carbocycles. The molecule has 0 saturated heterocycles. The molecule has 8 heteroatoms. The average molecular weight is 322 g/mol. The summed E-state index contributed by atoms with van der Waals surface area (Å²) in [6.45, 7) is 0. The van der Waals surface area contributed by atoms with Gasteiger partial charge in [0.1, 0.15) is 11.3 Å². The predicted molar refractivity (Wildman–Crippen MR) is 90.0 cm³/mol. The molecule has 0 fully saturated rings. The highest BCUT2D eigenvalue weighted by molar-refractivity contribution is 6.03. The number of nitrogens with zero attached hydrogens (tertiary/aromatic N) is 3. The molecule has 2 aromatic heterocycles. The van der Waals surface area contributed by atoms with Gasteiger partial charge in [0.05, 0.1) is 11.9 Å². The number of hydrogen-bond donors (Lipinski definition) is 4. The van der Waals surface area contributed by atoms with Crippen LogP contribution < -0.4 is 11.1 Å². The molecule has 120 valence electrons. The quantitative estimate of drug-likeness (QED) is 0.535. The fraction of sp³-hybridized carbons (Fsp3) is 0. The summed E-state index contributed by atoms with van der Waals surface area (Å²) >= 11 is 0. The lowest BCUT2D eigenvalue weighted by molar-refractivity contribution is 0.100. The first-order chi connectivity index (χ1) is 11.6. The fourth-order valence-corrected chi connectivity index (χ4v) is 2.02. The molecular weight excluding hydrogens is 308 g/mol. The number of carbonyl (C=O) groups is 1. The number of phenols is 1. The van der Waals surface area contributed by atoms with E-state index in [0.717, 1.165) is 5.56 Å². The molecule has 3 rings (SSSR count). The number of aromatic amines is 1. The van der Waals surface area contributed by atoms with Gasteiger partial charge in [-0.3, -0.25) is 14.9 Å². The van der Waals surface area contributed by atoms with Gasteiger partial charge >= 0.3 is 0 Å². The number of nitrogens with one attached hydrogen (secondary N) is 2. The Morgan fingerprint density at radius 2 is 2.08 bits per heavy atom. The molecule has 0 aliphatic rings. The zero-order valence-corrected chi connectivity index (χ0v) is 12.5. The monoisotopic (exact) mass is 322 g/mol. The first-order valence-corrected chi connectivity index (χ1v) is 7.02. The molecule has 8 nitrogen and oxygen atoms in total. The number of primary amides is 1. The Balaban J connectivity index is 1.88. The number of aromatic hydroxyl groups is 1. The molecule has 24 heavy (non-hydrogen) atoms. The predicted octanol–water partition coefficient (Wildman–Crippen LogP) is 2.10. The minimum atomic E-state index is -0.659. The molecule has 0 radical (unpaired) electrons. The number of pyridine rings is 1. The molecule has 0 spiro atoms. The van der Waals surface area contributed by atoms with Gasteiger partial charge in [-0.15, -0.1) is 0 Å². The Kier molecular flexibility index (Phi) is 4.19. The standard InChI is InChI=1S/C16H14N6O2/c17-14(24)13-15(19-8-10-3-5-12(23)6-4-10)21-22-16(13)20-11-2-1-7-18-9-11/h1-9,23H,(H2,17,24)(H2,20,21,22)/b19-8+. The van der Waals surface area contributed by atoms with Crippen LogP contribution >= 0.6 is 0 Å². The van der Waals surface area contributed by atoms with E-state index in [-0.39, 0.29) is 22.9 Å². The van der Waals surface area contributed by atoms with Crippen LogP contribution in [0.4, 0.5) is 17.3 Å². The lowest BCUT2D eigenvalue weighted by atomic mass is 10.2. The Hall–Kier alpha value is -3.68. The van der Waals surface area contributed by atoms with E-state index in [9.17, 15) is 9.90 Å². The van der Waals surface area contributed by atoms with Gasteiger partial charge in [-0.1, -0.05) is 0 Å². The minimum Gasteiger partial charge on any atom is -0.508 e. The summed E-state index contributed by atoms with van der Waals surface area (Å²) in [6.07, 6.45) is 4.77. The van der Waals surface area contributed by atoms with Gasteiger partial charge in [-0.05, 0) is 42.0 Å². The van der Waals surface area contributed by atoms with Crippen molar-refractivity contribution in [3.8, 4) is 5.75 Å². The van der Waals surface area contributed by atoms with E-state index in [0.29, 0.717) is 5.69 Å². The van der Waals surface area contributed by atoms with Crippen LogP contribution in [0.25, 0.3) is 0 Å². The molecule has 1 amide bonds. The van der Waals surface area contributed by atoms with Crippen molar-refractivity contribution in [1.29, 1.82) is 0 Å². The second-order valence-corrected chi connectivity index (χ2v) is 4.88. The van der Waals surface area contributed by atoms with Crippen LogP contribution in [0.15, 0.2) is 53.8 Å². The van der Waals surface area contributed by atoms with Crippen LogP contribution in [0.5, 0.6) is 5.75 Å². The molecule has 3 aromatic rings. The normalized spacial score (nSPS) is 10.8. The maximum Gasteiger partial charge on any atom is 0.256 e. The van der Waals surface area contributed by atoms with Crippen molar-refractivity contribution >= 4 is 29.4 Å². The van der Waals surface area contributed by atoms with E-state index < -0.39 is 5.91 Å². The van der Waals surface area contributed by atoms with Crippen molar-refractivity contribution in [2.75, 3.05) is 5.32 Å². The van der Waals surface area contributed by atoms with Crippen molar-refractivity contribution in [3.05, 3.63) is 59.9 Å². The van der Waals surface area contributed by atoms with Gasteiger partial charge in [0.2, 0.25) is 0 Å². The van der Waals surface area contributed by atoms with Gasteiger partial charge in [-0.2, -0.15) is 5.10 Å². The summed E-state index contributed by atoms with van der Waals surface area (Å²) in [5, 5.41) is 19.0. The number of phenolic OH excluding ortho intramolecular Hbond substituents is 1. The Labute approximate surface area is 137 Å². The van der Waals surface area contributed by atoms with Crippen molar-refractivity contribution in [1.82, 2.24) is 15.2 Å². The zero-order chi connectivity index (χ0) is 16.9. The summed E-state index contributed by atoms with van der Waals surface area (Å²) in [4.78, 5) is 19.9. The van der Waals surface area contributed by atoms with Crippen LogP contribution in [0.2, 0.25) is 0 Å². The molecule has 0 atom stereocenters. The fourth-order valence-electron chi connectivity index (χ4n) is 2.02. The minimum absolute atomic E-state index is 0.147. The Bertz CT molecular complexity index is 871. The number of benzene rings is 1. The summed E-state index contributed by atoms with van der Waals surface area (Å²) in [7, 11) is 0. The number of rotatable bonds is 5. The lowest BCUT2D eigenvalue weighted by Crippen LogP contribution is -2.12. The van der Waals surface area contributed by atoms with Crippen molar-refractivity contribution in [2.24, 2.45) is 10.7 Å². The maximum atomic E-state index is 11.7. The number of nitrogens with two attached hydrogens (primary N) is 1. The van der Waals surface area contributed by atoms with E-state index in [2.05, 4.69) is 25.5 Å². The summed E-state index contributed by atoms with van der Waals surface area (Å²) in [5.74, 6) is 0.0118. The molecule has 0 unspecified atom stereocenters. The number of H-pyrrole nitrogens is 1. The second-order valence-electron chi connectivity index (χ2n) is 4.88. The molecule has 0 bridgehead atoms. The molecule has 2 heterocycles. The van der Waals surface area contributed by atoms with E-state index in [1.807, 2.05) is 0 Å². The third kappa shape index (κ3) is 3.38. The van der Waals surface area contributed by atoms with E-state index >= 15 is 0 Å². The molecule has 1 aromatic carbocycles. The van der Waals surface area contributed by atoms with Gasteiger partial charge in [-0.25, -0.2) is 4.99 Å². The number of amides is 1. The lowest BCUT2D eigenvalue weighted by Gasteiger charge is -2.03. The first kappa shape index (κ1) is 15.2. The number of hydrogen-bond acceptors (Lipinski definition) is 6. The van der Waals surface area contributed by atoms with Gasteiger partial charge in [0.15, 0.2) is 11.6 Å². The molecule has 5 N–H and O–H groups in total. The zero-order valence-electron chi connectivity index (χ0n) is 12.5. The van der Waals surface area contributed by atoms with Crippen molar-refractivity contribution in [2.45, 2.75) is 0 Å². The number of anilines is 2. The van der Waals surface area contributed by atoms with E-state index in [4.69, 9.17) is 5.73 Å². The first-order valence-electron chi connectivity index (χ1n) is 7.02. The van der Waals surface area contributed by atoms with Crippen LogP contribution in [-0.4, -0.2) is 32.4 Å². The van der Waals surface area contributed by atoms with E-state index in [1.54, 1.807) is 48.8 Å². The van der Waals surface area contributed by atoms with Crippen LogP contribution in [-0.2, 0) is 0 Å². The Morgan fingerprint density at radius 1 is 1.29 bits per heavy atom. The molecular formula is C16H14N6O2. The number of aliphatic imine (C=N–C) groups is 1. The van der Waals surface area contributed by atoms with Crippen molar-refractivity contribution in [3.63, 3.8) is 0 Å². The molecule has 0 aliphatic heterocycles. The van der Waals surface area contributed by atoms with Crippen LogP contribution in [0.1, 0.15) is 15.9 Å². The SMILES string of the molecule is NC(=O)c1c(Nc2cccnc2)n[nH]c1/N=C/c1ccc(O)cc1. The third-order valence-electron chi connectivity index (χ3n) is 3.15. The largest absolute Gasteiger partial charge is 0.508 e. The highest BCUT2D eigenvalue weighted by Crippen LogP contribution is 2.25. The second kappa shape index (κ2) is 6.61. The average Bonchev–Trinajstić information content (AvgIpc) is 2.98. The number of aromatic nitrogens is 3. The topological polar surface area (TPSA) is 129 Å². The van der Waals surface area contributed by atoms with Crippen LogP contribution in [0.3, 0.4) is 0 Å². The van der Waals surface area contributed by atoms with Gasteiger partial charge < -0.3 is 16.2 Å². The number of carbonyl (C=O) groups excluding carboxylic acids is 1. The highest BCUT2D eigenvalue weighted by Gasteiger charge is 2.18. The molecule has 0 saturated carbocycles. The smallest absolute Gasteiger partial charge is 0.256 e. The summed E-state index contributed by atoms with van der Waals surface area (Å²) < 4.78 is 0. The maximum absolute atomic E-state index is 11.7. The summed E-state index contributed by atoms with van der Waals surface area (Å²) in [6, 6.07) is 9.99. The van der Waals surface area contributed by atoms with Gasteiger partial charge in [0.25, 0.3) is 5.91 Å². The highest BCUT2D eigenvalue weighted by atomic mass is 16.3. The van der Waals surface area contributed by atoms with Crippen molar-refractivity contribution < 1.29 is 9.90 Å². The Morgan fingerprint density at radius 3 is 2.75 bits per heavy atom. The van der Waals surface area contributed by atoms with E-state index in [1.165, 1.54) is 6.21 Å². The third-order valence-corrected chi connectivity index (χ3v) is 3.15. The van der Waals surface area contributed by atoms with Gasteiger partial charge in [0, 0.05) is 12.4 Å². The summed E-state index contributed by atoms with van der Waals surface area (Å²) in [5.41, 5.74) is 7.00. The van der Waals surface area contributed by atoms with Crippen LogP contribution in [0, 0.1) is 0 Å².